The molecule has 0 aliphatic heterocycles. The monoisotopic (exact) mass is 273 g/mol. The van der Waals surface area contributed by atoms with Crippen LogP contribution in [-0.2, 0) is 14.4 Å². The van der Waals surface area contributed by atoms with Crippen molar-refractivity contribution < 1.29 is 19.5 Å². The number of aliphatic carboxylic acids is 1. The second-order valence-electron chi connectivity index (χ2n) is 4.88. The van der Waals surface area contributed by atoms with Crippen LogP contribution in [-0.4, -0.2) is 42.5 Å². The van der Waals surface area contributed by atoms with Crippen LogP contribution in [0.3, 0.4) is 0 Å². The number of carboxylic acid groups (broad SMARTS) is 1. The number of carbonyl (C=O) groups excluding carboxylic acids is 2. The maximum absolute atomic E-state index is 11.4. The minimum Gasteiger partial charge on any atom is -0.481 e. The van der Waals surface area contributed by atoms with Crippen molar-refractivity contribution in [2.75, 3.05) is 19.6 Å². The third-order valence-electron chi connectivity index (χ3n) is 2.49. The van der Waals surface area contributed by atoms with Gasteiger partial charge in [-0.2, -0.15) is 0 Å². The van der Waals surface area contributed by atoms with Crippen LogP contribution >= 0.6 is 0 Å². The Morgan fingerprint density at radius 1 is 1.16 bits per heavy atom. The summed E-state index contributed by atoms with van der Waals surface area (Å²) >= 11 is 0. The van der Waals surface area contributed by atoms with Gasteiger partial charge in [0.1, 0.15) is 0 Å². The van der Waals surface area contributed by atoms with E-state index in [0.29, 0.717) is 12.5 Å². The normalized spacial score (nSPS) is 12.0. The molecule has 0 aromatic rings. The molecule has 0 fully saturated rings. The molecule has 0 rings (SSSR count). The van der Waals surface area contributed by atoms with Crippen molar-refractivity contribution >= 4 is 17.8 Å². The lowest BCUT2D eigenvalue weighted by molar-refractivity contribution is -0.138. The van der Waals surface area contributed by atoms with Crippen molar-refractivity contribution in [3.05, 3.63) is 0 Å². The van der Waals surface area contributed by atoms with Gasteiger partial charge in [0, 0.05) is 13.0 Å². The zero-order valence-electron chi connectivity index (χ0n) is 11.4. The maximum Gasteiger partial charge on any atom is 0.303 e. The molecule has 0 aliphatic rings. The van der Waals surface area contributed by atoms with E-state index < -0.39 is 11.9 Å². The first-order valence-corrected chi connectivity index (χ1v) is 6.30. The third-order valence-corrected chi connectivity index (χ3v) is 2.49. The van der Waals surface area contributed by atoms with Gasteiger partial charge in [-0.1, -0.05) is 13.8 Å². The number of nitrogens with two attached hydrogens (primary N) is 1. The molecule has 0 aromatic carbocycles. The van der Waals surface area contributed by atoms with Crippen molar-refractivity contribution in [2.45, 2.75) is 26.7 Å². The highest BCUT2D eigenvalue weighted by atomic mass is 16.4. The van der Waals surface area contributed by atoms with Gasteiger partial charge >= 0.3 is 5.97 Å². The van der Waals surface area contributed by atoms with Crippen molar-refractivity contribution in [1.29, 1.82) is 0 Å². The Balaban J connectivity index is 4.04. The topological polar surface area (TPSA) is 122 Å². The van der Waals surface area contributed by atoms with E-state index >= 15 is 0 Å². The smallest absolute Gasteiger partial charge is 0.303 e. The maximum atomic E-state index is 11.4. The van der Waals surface area contributed by atoms with Crippen LogP contribution in [0.15, 0.2) is 0 Å². The summed E-state index contributed by atoms with van der Waals surface area (Å²) in [6, 6.07) is 0. The first-order valence-electron chi connectivity index (χ1n) is 6.30. The molecule has 0 aromatic heterocycles. The average molecular weight is 273 g/mol. The number of rotatable bonds is 9. The average Bonchev–Trinajstić information content (AvgIpc) is 2.31. The molecule has 19 heavy (non-hydrogen) atoms. The Hall–Kier alpha value is -1.63. The summed E-state index contributed by atoms with van der Waals surface area (Å²) in [7, 11) is 0. The minimum absolute atomic E-state index is 0.0214. The van der Waals surface area contributed by atoms with Crippen LogP contribution in [0.25, 0.3) is 0 Å². The van der Waals surface area contributed by atoms with Gasteiger partial charge in [0.15, 0.2) is 0 Å². The van der Waals surface area contributed by atoms with Gasteiger partial charge in [-0.15, -0.1) is 0 Å². The van der Waals surface area contributed by atoms with E-state index in [1.54, 1.807) is 0 Å². The molecular weight excluding hydrogens is 250 g/mol. The zero-order valence-corrected chi connectivity index (χ0v) is 11.4. The summed E-state index contributed by atoms with van der Waals surface area (Å²) in [5, 5.41) is 13.7. The number of nitrogens with one attached hydrogen (secondary N) is 2. The van der Waals surface area contributed by atoms with E-state index in [1.807, 2.05) is 13.8 Å². The second-order valence-corrected chi connectivity index (χ2v) is 4.88. The molecule has 7 nitrogen and oxygen atoms in total. The zero-order chi connectivity index (χ0) is 14.8. The lowest BCUT2D eigenvalue weighted by Gasteiger charge is -2.17. The highest BCUT2D eigenvalue weighted by molar-refractivity contribution is 5.85. The van der Waals surface area contributed by atoms with Crippen molar-refractivity contribution in [2.24, 2.45) is 17.6 Å². The van der Waals surface area contributed by atoms with Crippen molar-refractivity contribution in [3.63, 3.8) is 0 Å². The molecule has 0 heterocycles. The summed E-state index contributed by atoms with van der Waals surface area (Å²) in [6.07, 6.45) is 0.745. The lowest BCUT2D eigenvalue weighted by atomic mass is 9.94. The largest absolute Gasteiger partial charge is 0.481 e. The molecule has 0 radical (unpaired) electrons. The van der Waals surface area contributed by atoms with Crippen LogP contribution < -0.4 is 16.4 Å². The van der Waals surface area contributed by atoms with E-state index in [9.17, 15) is 14.4 Å². The molecule has 5 N–H and O–H groups in total. The highest BCUT2D eigenvalue weighted by Gasteiger charge is 2.16. The van der Waals surface area contributed by atoms with Crippen molar-refractivity contribution in [3.8, 4) is 0 Å². The molecule has 0 bridgehead atoms. The third kappa shape index (κ3) is 10.0. The van der Waals surface area contributed by atoms with Crippen LogP contribution in [0.2, 0.25) is 0 Å². The number of hydrogen-bond acceptors (Lipinski definition) is 4. The molecule has 7 heteroatoms. The predicted molar refractivity (Wildman–Crippen MR) is 70.3 cm³/mol. The molecule has 0 aliphatic carbocycles. The van der Waals surface area contributed by atoms with E-state index in [4.69, 9.17) is 10.8 Å². The fourth-order valence-electron chi connectivity index (χ4n) is 1.72. The summed E-state index contributed by atoms with van der Waals surface area (Å²) in [6.45, 7) is 3.98. The van der Waals surface area contributed by atoms with E-state index in [1.165, 1.54) is 0 Å². The number of amides is 2. The summed E-state index contributed by atoms with van der Waals surface area (Å²) < 4.78 is 0. The standard InChI is InChI=1S/C12H23N3O4/c1-8(2)3-9(4-12(18)19)6-14-11(17)7-15-10(16)5-13/h8-9H,3-7,13H2,1-2H3,(H,14,17)(H,15,16)(H,18,19)/t9-/m0/s1. The van der Waals surface area contributed by atoms with Crippen LogP contribution in [0.1, 0.15) is 26.7 Å². The Labute approximate surface area is 112 Å². The summed E-state index contributed by atoms with van der Waals surface area (Å²) in [5.74, 6) is -1.37. The first kappa shape index (κ1) is 17.4. The molecule has 2 amide bonds. The SMILES string of the molecule is CC(C)C[C@H](CNC(=O)CNC(=O)CN)CC(=O)O. The molecular formula is C12H23N3O4. The predicted octanol–water partition coefficient (Wildman–Crippen LogP) is -0.685. The highest BCUT2D eigenvalue weighted by Crippen LogP contribution is 2.14. The summed E-state index contributed by atoms with van der Waals surface area (Å²) in [5.41, 5.74) is 5.08. The fourth-order valence-corrected chi connectivity index (χ4v) is 1.72. The fraction of sp³-hybridized carbons (Fsp3) is 0.750. The van der Waals surface area contributed by atoms with Gasteiger partial charge in [0.25, 0.3) is 0 Å². The van der Waals surface area contributed by atoms with Crippen LogP contribution in [0.4, 0.5) is 0 Å². The Morgan fingerprint density at radius 2 is 1.79 bits per heavy atom. The molecule has 0 unspecified atom stereocenters. The Bertz CT molecular complexity index is 318. The quantitative estimate of drug-likeness (QED) is 0.443. The van der Waals surface area contributed by atoms with Gasteiger partial charge in [-0.3, -0.25) is 14.4 Å². The summed E-state index contributed by atoms with van der Waals surface area (Å²) in [4.78, 5) is 33.0. The molecule has 0 saturated heterocycles. The van der Waals surface area contributed by atoms with E-state index in [-0.39, 0.29) is 31.3 Å². The Kier molecular flexibility index (Phi) is 8.52. The van der Waals surface area contributed by atoms with Crippen LogP contribution in [0.5, 0.6) is 0 Å². The van der Waals surface area contributed by atoms with Gasteiger partial charge < -0.3 is 21.5 Å². The van der Waals surface area contributed by atoms with E-state index in [0.717, 1.165) is 6.42 Å². The second kappa shape index (κ2) is 9.32. The van der Waals surface area contributed by atoms with Gasteiger partial charge in [-0.25, -0.2) is 0 Å². The van der Waals surface area contributed by atoms with Crippen LogP contribution in [0, 0.1) is 11.8 Å². The van der Waals surface area contributed by atoms with E-state index in [2.05, 4.69) is 10.6 Å². The van der Waals surface area contributed by atoms with Gasteiger partial charge in [0.2, 0.25) is 11.8 Å². The number of carboxylic acids is 1. The minimum atomic E-state index is -0.878. The number of hydrogen-bond donors (Lipinski definition) is 4. The van der Waals surface area contributed by atoms with Gasteiger partial charge in [-0.05, 0) is 18.3 Å². The Morgan fingerprint density at radius 3 is 2.26 bits per heavy atom. The van der Waals surface area contributed by atoms with Gasteiger partial charge in [0.05, 0.1) is 13.1 Å². The molecule has 1 atom stereocenters. The lowest BCUT2D eigenvalue weighted by Crippen LogP contribution is -2.41. The first-order chi connectivity index (χ1) is 8.85. The molecule has 0 spiro atoms. The molecule has 110 valence electrons. The number of carbonyl (C=O) groups is 3. The molecule has 0 saturated carbocycles. The van der Waals surface area contributed by atoms with Crippen molar-refractivity contribution in [1.82, 2.24) is 10.6 Å².